The third-order valence-corrected chi connectivity index (χ3v) is 5.35. The lowest BCUT2D eigenvalue weighted by Crippen LogP contribution is -2.42. The number of nitrogens with zero attached hydrogens (tertiary/aromatic N) is 4. The summed E-state index contributed by atoms with van der Waals surface area (Å²) in [6.45, 7) is 2.31. The summed E-state index contributed by atoms with van der Waals surface area (Å²) < 4.78 is 1.74. The van der Waals surface area contributed by atoms with Gasteiger partial charge >= 0.3 is 0 Å². The van der Waals surface area contributed by atoms with Gasteiger partial charge in [0, 0.05) is 24.0 Å². The van der Waals surface area contributed by atoms with E-state index in [9.17, 15) is 9.90 Å². The number of aromatic nitrogens is 3. The van der Waals surface area contributed by atoms with Gasteiger partial charge < -0.3 is 10.0 Å². The minimum atomic E-state index is -0.170. The van der Waals surface area contributed by atoms with E-state index in [1.807, 2.05) is 6.92 Å². The minimum Gasteiger partial charge on any atom is -0.390 e. The van der Waals surface area contributed by atoms with Gasteiger partial charge in [-0.05, 0) is 42.8 Å². The largest absolute Gasteiger partial charge is 0.390 e. The van der Waals surface area contributed by atoms with E-state index in [2.05, 4.69) is 10.1 Å². The third kappa shape index (κ3) is 3.10. The van der Waals surface area contributed by atoms with Gasteiger partial charge in [-0.2, -0.15) is 5.10 Å². The molecule has 0 fully saturated rings. The predicted molar refractivity (Wildman–Crippen MR) is 104 cm³/mol. The van der Waals surface area contributed by atoms with Crippen LogP contribution in [0, 0.1) is 0 Å². The van der Waals surface area contributed by atoms with Crippen LogP contribution < -0.4 is 4.90 Å². The summed E-state index contributed by atoms with van der Waals surface area (Å²) in [7, 11) is 0. The standard InChI is InChI=1S/C19H16Cl2N4O2/c1-11-9-24(14-2-3-16(20)17(21)7-14)19(27)18-15(8-23-25(11)18)12-4-5-22-13(6-12)10-26/h2-8,11,26H,9-10H2,1H3/t11-/m0/s1. The van der Waals surface area contributed by atoms with Crippen LogP contribution in [0.4, 0.5) is 5.69 Å². The number of aliphatic hydroxyl groups excluding tert-OH is 1. The molecule has 0 saturated heterocycles. The average Bonchev–Trinajstić information content (AvgIpc) is 3.13. The zero-order chi connectivity index (χ0) is 19.1. The second-order valence-electron chi connectivity index (χ2n) is 6.41. The normalized spacial score (nSPS) is 16.5. The number of carbonyl (C=O) groups excluding carboxylic acids is 1. The molecule has 1 aliphatic heterocycles. The maximum absolute atomic E-state index is 13.3. The smallest absolute Gasteiger partial charge is 0.277 e. The lowest BCUT2D eigenvalue weighted by Gasteiger charge is -2.32. The number of aliphatic hydroxyl groups is 1. The first kappa shape index (κ1) is 18.0. The van der Waals surface area contributed by atoms with Crippen molar-refractivity contribution in [1.29, 1.82) is 0 Å². The van der Waals surface area contributed by atoms with Gasteiger partial charge in [0.15, 0.2) is 0 Å². The molecule has 1 N–H and O–H groups in total. The van der Waals surface area contributed by atoms with Gasteiger partial charge in [-0.1, -0.05) is 23.2 Å². The quantitative estimate of drug-likeness (QED) is 0.719. The second-order valence-corrected chi connectivity index (χ2v) is 7.22. The van der Waals surface area contributed by atoms with Crippen LogP contribution in [0.25, 0.3) is 11.1 Å². The Kier molecular flexibility index (Phi) is 4.63. The van der Waals surface area contributed by atoms with E-state index in [1.54, 1.807) is 52.3 Å². The molecule has 1 aliphatic rings. The van der Waals surface area contributed by atoms with Crippen LogP contribution in [-0.2, 0) is 6.61 Å². The van der Waals surface area contributed by atoms with E-state index < -0.39 is 0 Å². The molecule has 0 bridgehead atoms. The van der Waals surface area contributed by atoms with Crippen LogP contribution in [0.15, 0.2) is 42.7 Å². The molecule has 0 radical (unpaired) electrons. The Morgan fingerprint density at radius 1 is 1.22 bits per heavy atom. The van der Waals surface area contributed by atoms with Crippen molar-refractivity contribution in [2.45, 2.75) is 19.6 Å². The van der Waals surface area contributed by atoms with Gasteiger partial charge in [0.1, 0.15) is 5.69 Å². The fourth-order valence-corrected chi connectivity index (χ4v) is 3.57. The van der Waals surface area contributed by atoms with Crippen LogP contribution in [-0.4, -0.2) is 32.3 Å². The van der Waals surface area contributed by atoms with Gasteiger partial charge in [0.2, 0.25) is 0 Å². The number of fused-ring (bicyclic) bond motifs is 1. The molecular weight excluding hydrogens is 387 g/mol. The van der Waals surface area contributed by atoms with Gasteiger partial charge in [-0.3, -0.25) is 14.5 Å². The first-order chi connectivity index (χ1) is 13.0. The molecule has 3 aromatic rings. The molecule has 3 heterocycles. The highest BCUT2D eigenvalue weighted by molar-refractivity contribution is 6.42. The van der Waals surface area contributed by atoms with Gasteiger partial charge in [0.05, 0.1) is 34.6 Å². The molecule has 4 rings (SSSR count). The van der Waals surface area contributed by atoms with E-state index in [0.717, 1.165) is 5.56 Å². The van der Waals surface area contributed by atoms with Crippen LogP contribution in [0.2, 0.25) is 10.0 Å². The number of rotatable bonds is 3. The number of anilines is 1. The molecule has 0 aliphatic carbocycles. The van der Waals surface area contributed by atoms with E-state index in [1.165, 1.54) is 0 Å². The van der Waals surface area contributed by atoms with Gasteiger partial charge in [-0.25, -0.2) is 0 Å². The van der Waals surface area contributed by atoms with Crippen LogP contribution in [0.3, 0.4) is 0 Å². The Morgan fingerprint density at radius 3 is 2.78 bits per heavy atom. The zero-order valence-corrected chi connectivity index (χ0v) is 15.9. The summed E-state index contributed by atoms with van der Waals surface area (Å²) in [5, 5.41) is 14.6. The van der Waals surface area contributed by atoms with Crippen molar-refractivity contribution in [3.8, 4) is 11.1 Å². The number of pyridine rings is 1. The molecule has 1 atom stereocenters. The average molecular weight is 403 g/mol. The van der Waals surface area contributed by atoms with E-state index >= 15 is 0 Å². The van der Waals surface area contributed by atoms with Crippen molar-refractivity contribution < 1.29 is 9.90 Å². The molecule has 0 unspecified atom stereocenters. The number of benzene rings is 1. The fourth-order valence-electron chi connectivity index (χ4n) is 3.28. The topological polar surface area (TPSA) is 71.2 Å². The maximum Gasteiger partial charge on any atom is 0.277 e. The Bertz CT molecular complexity index is 1030. The minimum absolute atomic E-state index is 0.0138. The Balaban J connectivity index is 1.80. The van der Waals surface area contributed by atoms with Crippen molar-refractivity contribution in [2.24, 2.45) is 0 Å². The summed E-state index contributed by atoms with van der Waals surface area (Å²) in [4.78, 5) is 19.1. The molecule has 138 valence electrons. The molecule has 6 nitrogen and oxygen atoms in total. The number of carbonyl (C=O) groups is 1. The fraction of sp³-hybridized carbons (Fsp3) is 0.211. The number of hydrogen-bond donors (Lipinski definition) is 1. The lowest BCUT2D eigenvalue weighted by atomic mass is 10.0. The Labute approximate surface area is 166 Å². The van der Waals surface area contributed by atoms with E-state index in [-0.39, 0.29) is 18.6 Å². The Morgan fingerprint density at radius 2 is 2.04 bits per heavy atom. The summed E-state index contributed by atoms with van der Waals surface area (Å²) in [6.07, 6.45) is 3.29. The monoisotopic (exact) mass is 402 g/mol. The molecular formula is C19H16Cl2N4O2. The van der Waals surface area contributed by atoms with Crippen molar-refractivity contribution in [3.05, 3.63) is 64.2 Å². The summed E-state index contributed by atoms with van der Waals surface area (Å²) in [6, 6.07) is 8.69. The first-order valence-corrected chi connectivity index (χ1v) is 9.15. The third-order valence-electron chi connectivity index (χ3n) is 4.61. The van der Waals surface area contributed by atoms with Crippen LogP contribution in [0.1, 0.15) is 29.1 Å². The summed E-state index contributed by atoms with van der Waals surface area (Å²) in [5.74, 6) is -0.165. The molecule has 0 spiro atoms. The Hall–Kier alpha value is -2.41. The van der Waals surface area contributed by atoms with Crippen molar-refractivity contribution >= 4 is 34.8 Å². The van der Waals surface area contributed by atoms with Crippen LogP contribution in [0.5, 0.6) is 0 Å². The number of amides is 1. The highest BCUT2D eigenvalue weighted by atomic mass is 35.5. The zero-order valence-electron chi connectivity index (χ0n) is 14.4. The SMILES string of the molecule is C[C@H]1CN(c2ccc(Cl)c(Cl)c2)C(=O)c2c(-c3ccnc(CO)c3)cnn21. The maximum atomic E-state index is 13.3. The summed E-state index contributed by atoms with van der Waals surface area (Å²) >= 11 is 12.1. The molecule has 1 amide bonds. The van der Waals surface area contributed by atoms with E-state index in [4.69, 9.17) is 23.2 Å². The summed E-state index contributed by atoms with van der Waals surface area (Å²) in [5.41, 5.74) is 3.20. The molecule has 2 aromatic heterocycles. The highest BCUT2D eigenvalue weighted by Gasteiger charge is 2.33. The van der Waals surface area contributed by atoms with Gasteiger partial charge in [0.25, 0.3) is 5.91 Å². The van der Waals surface area contributed by atoms with Gasteiger partial charge in [-0.15, -0.1) is 0 Å². The molecule has 0 saturated carbocycles. The highest BCUT2D eigenvalue weighted by Crippen LogP contribution is 2.34. The van der Waals surface area contributed by atoms with Crippen molar-refractivity contribution in [3.63, 3.8) is 0 Å². The number of hydrogen-bond acceptors (Lipinski definition) is 4. The second kappa shape index (κ2) is 6.96. The molecule has 27 heavy (non-hydrogen) atoms. The first-order valence-electron chi connectivity index (χ1n) is 8.40. The van der Waals surface area contributed by atoms with E-state index in [0.29, 0.717) is 39.2 Å². The lowest BCUT2D eigenvalue weighted by molar-refractivity contribution is 0.0954. The molecule has 8 heteroatoms. The van der Waals surface area contributed by atoms with Crippen molar-refractivity contribution in [2.75, 3.05) is 11.4 Å². The predicted octanol–water partition coefficient (Wildman–Crippen LogP) is 3.97. The molecule has 1 aromatic carbocycles. The number of halogens is 2. The van der Waals surface area contributed by atoms with Crippen LogP contribution >= 0.6 is 23.2 Å². The van der Waals surface area contributed by atoms with Crippen molar-refractivity contribution in [1.82, 2.24) is 14.8 Å².